The van der Waals surface area contributed by atoms with Crippen LogP contribution in [0.4, 0.5) is 5.69 Å². The minimum absolute atomic E-state index is 0.0424. The van der Waals surface area contributed by atoms with Crippen LogP contribution in [0.25, 0.3) is 0 Å². The predicted molar refractivity (Wildman–Crippen MR) is 157 cm³/mol. The van der Waals surface area contributed by atoms with Crippen molar-refractivity contribution in [3.63, 3.8) is 0 Å². The number of nitrogens with zero attached hydrogens (tertiary/aromatic N) is 1. The number of nitrogens with one attached hydrogen (secondary N) is 1. The number of benzene rings is 3. The average molecular weight is 608 g/mol. The Morgan fingerprint density at radius 2 is 1.73 bits per heavy atom. The molecule has 10 heteroatoms. The SMILES string of the molecule is C[C@@H]([C@H](O)c1ccccc1)N(C)C[C@H]1C[C@@H](c2ccc(CO)cc2)O[C@@H](c2cccc(NC(=O)C(Cl)(Cl)Cl)c2)O1. The summed E-state index contributed by atoms with van der Waals surface area (Å²) < 4.78 is 10.7. The van der Waals surface area contributed by atoms with Crippen molar-refractivity contribution in [1.29, 1.82) is 0 Å². The number of halogens is 3. The zero-order chi connectivity index (χ0) is 28.9. The second-order valence-electron chi connectivity index (χ2n) is 9.96. The molecular weight excluding hydrogens is 575 g/mol. The van der Waals surface area contributed by atoms with E-state index in [2.05, 4.69) is 10.2 Å². The maximum absolute atomic E-state index is 12.2. The Morgan fingerprint density at radius 3 is 2.38 bits per heavy atom. The van der Waals surface area contributed by atoms with Gasteiger partial charge in [0.15, 0.2) is 6.29 Å². The third kappa shape index (κ3) is 7.96. The Kier molecular flexibility index (Phi) is 10.5. The van der Waals surface area contributed by atoms with E-state index in [4.69, 9.17) is 44.3 Å². The Morgan fingerprint density at radius 1 is 1.02 bits per heavy atom. The first-order chi connectivity index (χ1) is 19.0. The van der Waals surface area contributed by atoms with Gasteiger partial charge in [0.05, 0.1) is 24.9 Å². The van der Waals surface area contributed by atoms with Crippen molar-refractivity contribution in [2.75, 3.05) is 18.9 Å². The molecule has 5 atom stereocenters. The van der Waals surface area contributed by atoms with Crippen molar-refractivity contribution < 1.29 is 24.5 Å². The van der Waals surface area contributed by atoms with Gasteiger partial charge in [-0.3, -0.25) is 9.69 Å². The minimum Gasteiger partial charge on any atom is -0.392 e. The lowest BCUT2D eigenvalue weighted by Crippen LogP contribution is -2.43. The maximum atomic E-state index is 12.2. The standard InChI is InChI=1S/C30H33Cl3N2O5/c1-19(27(37)22-7-4-3-5-8-22)35(2)17-25-16-26(21-13-11-20(18-36)12-14-21)40-28(39-25)23-9-6-10-24(15-23)34-29(38)30(31,32)33/h3-15,19,25-28,36-37H,16-18H2,1-2H3,(H,34,38)/t19-,25+,26-,27-,28-/m0/s1. The molecule has 1 saturated heterocycles. The lowest BCUT2D eigenvalue weighted by Gasteiger charge is -2.39. The summed E-state index contributed by atoms with van der Waals surface area (Å²) in [5, 5.41) is 23.0. The van der Waals surface area contributed by atoms with Crippen LogP contribution in [0.5, 0.6) is 0 Å². The summed E-state index contributed by atoms with van der Waals surface area (Å²) in [5.74, 6) is -0.771. The highest BCUT2D eigenvalue weighted by molar-refractivity contribution is 6.76. The Labute approximate surface area is 249 Å². The number of likely N-dealkylation sites (N-methyl/N-ethyl adjacent to an activating group) is 1. The molecule has 3 aromatic rings. The van der Waals surface area contributed by atoms with Crippen molar-refractivity contribution in [2.45, 2.75) is 54.4 Å². The number of anilines is 1. The molecular formula is C30H33Cl3N2O5. The molecule has 1 heterocycles. The van der Waals surface area contributed by atoms with Gasteiger partial charge in [-0.05, 0) is 42.8 Å². The predicted octanol–water partition coefficient (Wildman–Crippen LogP) is 6.09. The van der Waals surface area contributed by atoms with Crippen LogP contribution in [0.2, 0.25) is 0 Å². The van der Waals surface area contributed by atoms with Gasteiger partial charge in [0.1, 0.15) is 0 Å². The molecule has 1 aliphatic heterocycles. The number of aliphatic hydroxyl groups is 2. The van der Waals surface area contributed by atoms with Gasteiger partial charge in [0, 0.05) is 30.3 Å². The van der Waals surface area contributed by atoms with E-state index in [9.17, 15) is 15.0 Å². The number of carbonyl (C=O) groups excluding carboxylic acids is 1. The molecule has 0 bridgehead atoms. The van der Waals surface area contributed by atoms with E-state index in [1.54, 1.807) is 18.2 Å². The summed E-state index contributed by atoms with van der Waals surface area (Å²) in [6, 6.07) is 24.0. The fraction of sp³-hybridized carbons (Fsp3) is 0.367. The number of alkyl halides is 3. The van der Waals surface area contributed by atoms with Crippen molar-refractivity contribution >= 4 is 46.4 Å². The molecule has 214 valence electrons. The fourth-order valence-electron chi connectivity index (χ4n) is 4.66. The van der Waals surface area contributed by atoms with Gasteiger partial charge in [0.25, 0.3) is 9.70 Å². The third-order valence-electron chi connectivity index (χ3n) is 7.07. The van der Waals surface area contributed by atoms with Crippen molar-refractivity contribution in [3.8, 4) is 0 Å². The summed E-state index contributed by atoms with van der Waals surface area (Å²) in [7, 11) is 1.96. The van der Waals surface area contributed by atoms with Gasteiger partial charge < -0.3 is 25.0 Å². The van der Waals surface area contributed by atoms with Crippen LogP contribution >= 0.6 is 34.8 Å². The summed E-state index contributed by atoms with van der Waals surface area (Å²) in [4.78, 5) is 14.3. The van der Waals surface area contributed by atoms with E-state index in [-0.39, 0.29) is 24.9 Å². The maximum Gasteiger partial charge on any atom is 0.276 e. The topological polar surface area (TPSA) is 91.3 Å². The Hall–Kier alpha value is -2.20. The number of hydrogen-bond acceptors (Lipinski definition) is 6. The summed E-state index contributed by atoms with van der Waals surface area (Å²) >= 11 is 17.1. The Bertz CT molecular complexity index is 1260. The van der Waals surface area contributed by atoms with Gasteiger partial charge in [-0.2, -0.15) is 0 Å². The molecule has 40 heavy (non-hydrogen) atoms. The molecule has 0 saturated carbocycles. The van der Waals surface area contributed by atoms with Gasteiger partial charge in [-0.25, -0.2) is 0 Å². The second-order valence-corrected chi connectivity index (χ2v) is 12.2. The van der Waals surface area contributed by atoms with E-state index < -0.39 is 22.1 Å². The first-order valence-corrected chi connectivity index (χ1v) is 14.1. The molecule has 1 fully saturated rings. The normalized spacial score (nSPS) is 21.1. The van der Waals surface area contributed by atoms with E-state index in [0.29, 0.717) is 24.2 Å². The number of amides is 1. The van der Waals surface area contributed by atoms with Crippen LogP contribution in [-0.2, 0) is 20.9 Å². The number of rotatable bonds is 9. The summed E-state index contributed by atoms with van der Waals surface area (Å²) in [6.45, 7) is 2.48. The van der Waals surface area contributed by atoms with Crippen molar-refractivity contribution in [2.24, 2.45) is 0 Å². The highest BCUT2D eigenvalue weighted by atomic mass is 35.6. The lowest BCUT2D eigenvalue weighted by molar-refractivity contribution is -0.253. The smallest absolute Gasteiger partial charge is 0.276 e. The number of ether oxygens (including phenoxy) is 2. The average Bonchev–Trinajstić information content (AvgIpc) is 2.96. The molecule has 0 unspecified atom stereocenters. The largest absolute Gasteiger partial charge is 0.392 e. The van der Waals surface area contributed by atoms with E-state index in [0.717, 1.165) is 16.7 Å². The van der Waals surface area contributed by atoms with Gasteiger partial charge in [-0.15, -0.1) is 0 Å². The van der Waals surface area contributed by atoms with E-state index >= 15 is 0 Å². The van der Waals surface area contributed by atoms with Crippen LogP contribution < -0.4 is 5.32 Å². The van der Waals surface area contributed by atoms with E-state index in [1.165, 1.54) is 0 Å². The lowest BCUT2D eigenvalue weighted by atomic mass is 9.98. The molecule has 3 N–H and O–H groups in total. The van der Waals surface area contributed by atoms with Crippen LogP contribution in [-0.4, -0.2) is 50.6 Å². The quantitative estimate of drug-likeness (QED) is 0.255. The van der Waals surface area contributed by atoms with Crippen molar-refractivity contribution in [3.05, 3.63) is 101 Å². The molecule has 1 aliphatic rings. The van der Waals surface area contributed by atoms with Gasteiger partial charge in [-0.1, -0.05) is 102 Å². The first-order valence-electron chi connectivity index (χ1n) is 13.0. The second kappa shape index (κ2) is 13.6. The van der Waals surface area contributed by atoms with Crippen LogP contribution in [0.1, 0.15) is 54.1 Å². The molecule has 0 radical (unpaired) electrons. The van der Waals surface area contributed by atoms with Crippen LogP contribution in [0.3, 0.4) is 0 Å². The molecule has 0 aromatic heterocycles. The highest BCUT2D eigenvalue weighted by Crippen LogP contribution is 2.39. The first kappa shape index (κ1) is 30.8. The number of carbonyl (C=O) groups is 1. The molecule has 1 amide bonds. The zero-order valence-electron chi connectivity index (χ0n) is 22.2. The fourth-order valence-corrected chi connectivity index (χ4v) is 4.80. The highest BCUT2D eigenvalue weighted by Gasteiger charge is 2.35. The van der Waals surface area contributed by atoms with Crippen molar-refractivity contribution in [1.82, 2.24) is 4.90 Å². The molecule has 0 spiro atoms. The third-order valence-corrected chi connectivity index (χ3v) is 7.59. The molecule has 4 rings (SSSR count). The summed E-state index contributed by atoms with van der Waals surface area (Å²) in [5.41, 5.74) is 3.73. The molecule has 0 aliphatic carbocycles. The zero-order valence-corrected chi connectivity index (χ0v) is 24.5. The number of hydrogen-bond donors (Lipinski definition) is 3. The molecule has 3 aromatic carbocycles. The number of aliphatic hydroxyl groups excluding tert-OH is 2. The molecule has 7 nitrogen and oxygen atoms in total. The summed E-state index contributed by atoms with van der Waals surface area (Å²) in [6.07, 6.45) is -1.36. The van der Waals surface area contributed by atoms with Crippen LogP contribution in [0.15, 0.2) is 78.9 Å². The Balaban J connectivity index is 1.55. The van der Waals surface area contributed by atoms with Gasteiger partial charge in [0.2, 0.25) is 0 Å². The van der Waals surface area contributed by atoms with Gasteiger partial charge >= 0.3 is 0 Å². The van der Waals surface area contributed by atoms with E-state index in [1.807, 2.05) is 74.6 Å². The van der Waals surface area contributed by atoms with Crippen LogP contribution in [0, 0.1) is 0 Å². The monoisotopic (exact) mass is 606 g/mol. The minimum atomic E-state index is -2.10.